The number of aromatic nitrogens is 3. The molecule has 8 heteroatoms. The number of hydrogen-bond acceptors (Lipinski definition) is 6. The van der Waals surface area contributed by atoms with Crippen molar-refractivity contribution in [2.45, 2.75) is 32.4 Å². The molecular weight excluding hydrogens is 400 g/mol. The van der Waals surface area contributed by atoms with Gasteiger partial charge in [-0.05, 0) is 13.3 Å². The zero-order valence-electron chi connectivity index (χ0n) is 17.2. The van der Waals surface area contributed by atoms with Gasteiger partial charge in [-0.2, -0.15) is 5.10 Å². The lowest BCUT2D eigenvalue weighted by Crippen LogP contribution is -2.43. The number of carbonyl (C=O) groups is 2. The monoisotopic (exact) mass is 424 g/mol. The second kappa shape index (κ2) is 8.39. The van der Waals surface area contributed by atoms with E-state index >= 15 is 0 Å². The minimum absolute atomic E-state index is 0.0266. The van der Waals surface area contributed by atoms with Crippen LogP contribution in [-0.4, -0.2) is 38.6 Å². The van der Waals surface area contributed by atoms with Gasteiger partial charge in [-0.3, -0.25) is 14.3 Å². The molecule has 0 saturated carbocycles. The summed E-state index contributed by atoms with van der Waals surface area (Å²) in [4.78, 5) is 32.4. The van der Waals surface area contributed by atoms with Crippen molar-refractivity contribution in [2.24, 2.45) is 13.0 Å². The van der Waals surface area contributed by atoms with Crippen molar-refractivity contribution < 1.29 is 14.3 Å². The van der Waals surface area contributed by atoms with E-state index in [1.165, 1.54) is 11.3 Å². The first kappa shape index (κ1) is 20.3. The molecule has 4 rings (SSSR count). The van der Waals surface area contributed by atoms with Crippen LogP contribution >= 0.6 is 11.3 Å². The summed E-state index contributed by atoms with van der Waals surface area (Å²) in [6.45, 7) is 2.11. The quantitative estimate of drug-likeness (QED) is 0.586. The van der Waals surface area contributed by atoms with E-state index in [-0.39, 0.29) is 24.5 Å². The lowest BCUT2D eigenvalue weighted by atomic mass is 9.86. The Bertz CT molecular complexity index is 1060. The summed E-state index contributed by atoms with van der Waals surface area (Å²) >= 11 is 1.54. The molecule has 156 valence electrons. The van der Waals surface area contributed by atoms with E-state index in [0.717, 1.165) is 26.7 Å². The highest BCUT2D eigenvalue weighted by molar-refractivity contribution is 7.15. The first-order chi connectivity index (χ1) is 14.4. The van der Waals surface area contributed by atoms with E-state index < -0.39 is 5.92 Å². The van der Waals surface area contributed by atoms with E-state index in [4.69, 9.17) is 4.74 Å². The second-order valence-corrected chi connectivity index (χ2v) is 8.63. The van der Waals surface area contributed by atoms with E-state index in [2.05, 4.69) is 10.1 Å². The number of aryl methyl sites for hydroxylation is 2. The third-order valence-corrected chi connectivity index (χ3v) is 6.67. The van der Waals surface area contributed by atoms with Gasteiger partial charge in [0.15, 0.2) is 0 Å². The van der Waals surface area contributed by atoms with Crippen LogP contribution < -0.4 is 0 Å². The van der Waals surface area contributed by atoms with Crippen LogP contribution in [0.15, 0.2) is 42.7 Å². The predicted molar refractivity (Wildman–Crippen MR) is 114 cm³/mol. The molecule has 30 heavy (non-hydrogen) atoms. The summed E-state index contributed by atoms with van der Waals surface area (Å²) < 4.78 is 7.38. The second-order valence-electron chi connectivity index (χ2n) is 7.54. The first-order valence-corrected chi connectivity index (χ1v) is 10.7. The maximum atomic E-state index is 13.0. The molecule has 0 spiro atoms. The molecule has 1 saturated heterocycles. The van der Waals surface area contributed by atoms with Crippen LogP contribution in [0.4, 0.5) is 0 Å². The lowest BCUT2D eigenvalue weighted by molar-refractivity contribution is -0.157. The van der Waals surface area contributed by atoms with Crippen LogP contribution in [0.3, 0.4) is 0 Å². The smallest absolute Gasteiger partial charge is 0.311 e. The first-order valence-electron chi connectivity index (χ1n) is 9.86. The number of esters is 1. The number of likely N-dealkylation sites (tertiary alicyclic amines) is 1. The highest BCUT2D eigenvalue weighted by atomic mass is 32.1. The number of carbonyl (C=O) groups excluding carboxylic acids is 2. The molecule has 0 aliphatic carbocycles. The molecule has 1 amide bonds. The van der Waals surface area contributed by atoms with Crippen LogP contribution in [0.1, 0.15) is 35.0 Å². The summed E-state index contributed by atoms with van der Waals surface area (Å²) in [6, 6.07) is 9.59. The Morgan fingerprint density at radius 2 is 2.03 bits per heavy atom. The standard InChI is InChI=1S/C22H24N4O3S/c1-14-18(30-21(24-14)15-7-5-4-6-8-15)13-29-22(28)17-9-10-19(27)26(3)20(17)16-11-23-25(2)12-16/h4-8,11-12,17,20H,9-10,13H2,1-3H3. The number of rotatable bonds is 5. The Kier molecular flexibility index (Phi) is 5.67. The molecule has 1 aliphatic heterocycles. The van der Waals surface area contributed by atoms with Crippen molar-refractivity contribution in [3.05, 3.63) is 58.9 Å². The van der Waals surface area contributed by atoms with E-state index in [1.54, 1.807) is 22.8 Å². The average Bonchev–Trinajstić information content (AvgIpc) is 3.34. The highest BCUT2D eigenvalue weighted by Gasteiger charge is 2.40. The predicted octanol–water partition coefficient (Wildman–Crippen LogP) is 3.50. The molecule has 1 fully saturated rings. The average molecular weight is 425 g/mol. The van der Waals surface area contributed by atoms with Crippen molar-refractivity contribution in [1.29, 1.82) is 0 Å². The van der Waals surface area contributed by atoms with Crippen molar-refractivity contribution in [3.63, 3.8) is 0 Å². The summed E-state index contributed by atoms with van der Waals surface area (Å²) in [7, 11) is 3.55. The largest absolute Gasteiger partial charge is 0.460 e. The number of nitrogens with zero attached hydrogens (tertiary/aromatic N) is 4. The third kappa shape index (κ3) is 4.00. The molecule has 7 nitrogen and oxygen atoms in total. The Labute approximate surface area is 179 Å². The molecule has 0 N–H and O–H groups in total. The lowest BCUT2D eigenvalue weighted by Gasteiger charge is -2.37. The molecule has 1 aromatic carbocycles. The topological polar surface area (TPSA) is 77.3 Å². The minimum atomic E-state index is -0.418. The SMILES string of the molecule is Cc1nc(-c2ccccc2)sc1COC(=O)C1CCC(=O)N(C)C1c1cnn(C)c1. The molecule has 2 unspecified atom stereocenters. The fourth-order valence-electron chi connectivity index (χ4n) is 3.84. The van der Waals surface area contributed by atoms with Crippen molar-refractivity contribution in [3.8, 4) is 10.6 Å². The fraction of sp³-hybridized carbons (Fsp3) is 0.364. The molecule has 2 aromatic heterocycles. The van der Waals surface area contributed by atoms with Gasteiger partial charge in [-0.25, -0.2) is 4.98 Å². The van der Waals surface area contributed by atoms with E-state index in [0.29, 0.717) is 12.8 Å². The van der Waals surface area contributed by atoms with Gasteiger partial charge in [0.05, 0.1) is 28.7 Å². The van der Waals surface area contributed by atoms with Crippen LogP contribution in [-0.2, 0) is 28.0 Å². The van der Waals surface area contributed by atoms with E-state index in [9.17, 15) is 9.59 Å². The van der Waals surface area contributed by atoms with E-state index in [1.807, 2.05) is 50.5 Å². The van der Waals surface area contributed by atoms with Crippen LogP contribution in [0, 0.1) is 12.8 Å². The molecule has 3 aromatic rings. The number of thiazole rings is 1. The Balaban J connectivity index is 1.49. The van der Waals surface area contributed by atoms with Gasteiger partial charge in [0, 0.05) is 37.8 Å². The van der Waals surface area contributed by atoms with Gasteiger partial charge >= 0.3 is 5.97 Å². The van der Waals surface area contributed by atoms with Gasteiger partial charge < -0.3 is 9.64 Å². The summed E-state index contributed by atoms with van der Waals surface area (Å²) in [5, 5.41) is 5.11. The van der Waals surface area contributed by atoms with Gasteiger partial charge in [0.2, 0.25) is 5.91 Å². The molecule has 2 atom stereocenters. The number of hydrogen-bond donors (Lipinski definition) is 0. The Morgan fingerprint density at radius 3 is 2.73 bits per heavy atom. The third-order valence-electron chi connectivity index (χ3n) is 5.49. The van der Waals surface area contributed by atoms with Gasteiger partial charge in [-0.15, -0.1) is 11.3 Å². The Morgan fingerprint density at radius 1 is 1.27 bits per heavy atom. The highest BCUT2D eigenvalue weighted by Crippen LogP contribution is 2.37. The van der Waals surface area contributed by atoms with Crippen molar-refractivity contribution >= 4 is 23.2 Å². The van der Waals surface area contributed by atoms with Crippen LogP contribution in [0.5, 0.6) is 0 Å². The number of benzene rings is 1. The van der Waals surface area contributed by atoms with Crippen LogP contribution in [0.2, 0.25) is 0 Å². The van der Waals surface area contributed by atoms with Gasteiger partial charge in [0.1, 0.15) is 11.6 Å². The van der Waals surface area contributed by atoms with Gasteiger partial charge in [-0.1, -0.05) is 30.3 Å². The maximum Gasteiger partial charge on any atom is 0.311 e. The Hall–Kier alpha value is -3.00. The summed E-state index contributed by atoms with van der Waals surface area (Å²) in [6.07, 6.45) is 4.36. The number of piperidine rings is 1. The molecule has 1 aliphatic rings. The van der Waals surface area contributed by atoms with Crippen molar-refractivity contribution in [1.82, 2.24) is 19.7 Å². The zero-order valence-corrected chi connectivity index (χ0v) is 18.1. The molecule has 0 radical (unpaired) electrons. The van der Waals surface area contributed by atoms with Crippen molar-refractivity contribution in [2.75, 3.05) is 7.05 Å². The maximum absolute atomic E-state index is 13.0. The zero-order chi connectivity index (χ0) is 21.3. The summed E-state index contributed by atoms with van der Waals surface area (Å²) in [5.41, 5.74) is 2.76. The summed E-state index contributed by atoms with van der Waals surface area (Å²) in [5.74, 6) is -0.685. The number of ether oxygens (including phenoxy) is 1. The molecule has 3 heterocycles. The molecular formula is C22H24N4O3S. The minimum Gasteiger partial charge on any atom is -0.460 e. The number of amides is 1. The normalized spacial score (nSPS) is 19.2. The molecule has 0 bridgehead atoms. The van der Waals surface area contributed by atoms with Crippen LogP contribution in [0.25, 0.3) is 10.6 Å². The fourth-order valence-corrected chi connectivity index (χ4v) is 4.82. The van der Waals surface area contributed by atoms with Gasteiger partial charge in [0.25, 0.3) is 0 Å².